The lowest BCUT2D eigenvalue weighted by Crippen LogP contribution is -2.40. The van der Waals surface area contributed by atoms with E-state index in [9.17, 15) is 14.7 Å². The second-order valence-electron chi connectivity index (χ2n) is 5.96. The molecule has 4 nitrogen and oxygen atoms in total. The van der Waals surface area contributed by atoms with Gasteiger partial charge < -0.3 is 10.0 Å². The van der Waals surface area contributed by atoms with Crippen molar-refractivity contribution in [3.05, 3.63) is 64.7 Å². The second-order valence-corrected chi connectivity index (χ2v) is 6.39. The number of phenols is 1. The van der Waals surface area contributed by atoms with Crippen molar-refractivity contribution in [2.24, 2.45) is 5.92 Å². The lowest BCUT2D eigenvalue weighted by molar-refractivity contribution is 0.0648. The fourth-order valence-corrected chi connectivity index (χ4v) is 3.20. The summed E-state index contributed by atoms with van der Waals surface area (Å²) in [6, 6.07) is 13.7. The fraction of sp³-hybridized carbons (Fsp3) is 0.263. The number of halogens is 1. The minimum Gasteiger partial charge on any atom is -0.507 e. The summed E-state index contributed by atoms with van der Waals surface area (Å²) >= 11 is 5.91. The van der Waals surface area contributed by atoms with Gasteiger partial charge in [0.2, 0.25) is 0 Å². The molecule has 2 aromatic carbocycles. The molecule has 0 radical (unpaired) electrons. The van der Waals surface area contributed by atoms with Gasteiger partial charge in [0.25, 0.3) is 5.91 Å². The first-order valence-electron chi connectivity index (χ1n) is 7.93. The molecule has 1 heterocycles. The number of nitrogens with zero attached hydrogens (tertiary/aromatic N) is 1. The number of Topliss-reactive ketones (excluding diaryl/α,β-unsaturated/α-hetero) is 1. The summed E-state index contributed by atoms with van der Waals surface area (Å²) in [6.45, 7) is 0.988. The van der Waals surface area contributed by atoms with E-state index in [1.165, 1.54) is 12.1 Å². The molecule has 0 atom stereocenters. The summed E-state index contributed by atoms with van der Waals surface area (Å²) in [7, 11) is 0. The van der Waals surface area contributed by atoms with Crippen molar-refractivity contribution in [1.29, 1.82) is 0 Å². The second kappa shape index (κ2) is 7.05. The van der Waals surface area contributed by atoms with Crippen molar-refractivity contribution >= 4 is 23.3 Å². The summed E-state index contributed by atoms with van der Waals surface area (Å²) < 4.78 is 0. The fourth-order valence-electron chi connectivity index (χ4n) is 3.03. The number of hydrogen-bond acceptors (Lipinski definition) is 3. The quantitative estimate of drug-likeness (QED) is 0.863. The third-order valence-corrected chi connectivity index (χ3v) is 4.64. The maximum absolute atomic E-state index is 12.5. The van der Waals surface area contributed by atoms with Gasteiger partial charge in [-0.3, -0.25) is 9.59 Å². The SMILES string of the molecule is O=C(c1ccccc1)C1CCN(C(=O)c2cc(Cl)ccc2O)CC1. The first-order valence-corrected chi connectivity index (χ1v) is 8.31. The number of carbonyl (C=O) groups is 2. The molecular formula is C19H18ClNO3. The minimum atomic E-state index is -0.249. The molecular weight excluding hydrogens is 326 g/mol. The number of piperidine rings is 1. The number of ketones is 1. The van der Waals surface area contributed by atoms with Crippen molar-refractivity contribution in [2.45, 2.75) is 12.8 Å². The Bertz CT molecular complexity index is 752. The van der Waals surface area contributed by atoms with Gasteiger partial charge in [-0.25, -0.2) is 0 Å². The van der Waals surface area contributed by atoms with E-state index in [0.29, 0.717) is 31.0 Å². The Morgan fingerprint density at radius 1 is 1.04 bits per heavy atom. The molecule has 1 N–H and O–H groups in total. The van der Waals surface area contributed by atoms with Gasteiger partial charge in [0, 0.05) is 29.6 Å². The van der Waals surface area contributed by atoms with E-state index in [-0.39, 0.29) is 28.9 Å². The Balaban J connectivity index is 1.66. The molecule has 0 spiro atoms. The summed E-state index contributed by atoms with van der Waals surface area (Å²) in [4.78, 5) is 26.7. The number of amides is 1. The van der Waals surface area contributed by atoms with Crippen LogP contribution in [0.5, 0.6) is 5.75 Å². The molecule has 24 heavy (non-hydrogen) atoms. The highest BCUT2D eigenvalue weighted by molar-refractivity contribution is 6.31. The molecule has 1 aliphatic rings. The average Bonchev–Trinajstić information content (AvgIpc) is 2.63. The lowest BCUT2D eigenvalue weighted by atomic mass is 9.88. The maximum atomic E-state index is 12.5. The highest BCUT2D eigenvalue weighted by Gasteiger charge is 2.29. The molecule has 0 unspecified atom stereocenters. The molecule has 5 heteroatoms. The Morgan fingerprint density at radius 2 is 1.71 bits per heavy atom. The van der Waals surface area contributed by atoms with Gasteiger partial charge in [-0.15, -0.1) is 0 Å². The van der Waals surface area contributed by atoms with Crippen LogP contribution >= 0.6 is 11.6 Å². The Kier molecular flexibility index (Phi) is 4.86. The van der Waals surface area contributed by atoms with Gasteiger partial charge in [0.15, 0.2) is 5.78 Å². The molecule has 1 saturated heterocycles. The van der Waals surface area contributed by atoms with Gasteiger partial charge in [0.1, 0.15) is 5.75 Å². The molecule has 3 rings (SSSR count). The van der Waals surface area contributed by atoms with Crippen LogP contribution in [0.2, 0.25) is 5.02 Å². The summed E-state index contributed by atoms with van der Waals surface area (Å²) in [5, 5.41) is 10.3. The van der Waals surface area contributed by atoms with Gasteiger partial charge in [-0.05, 0) is 31.0 Å². The average molecular weight is 344 g/mol. The van der Waals surface area contributed by atoms with E-state index in [4.69, 9.17) is 11.6 Å². The zero-order valence-electron chi connectivity index (χ0n) is 13.1. The summed E-state index contributed by atoms with van der Waals surface area (Å²) in [5.74, 6) is -0.259. The van der Waals surface area contributed by atoms with Gasteiger partial charge in [-0.2, -0.15) is 0 Å². The minimum absolute atomic E-state index is 0.0654. The van der Waals surface area contributed by atoms with Crippen molar-refractivity contribution in [2.75, 3.05) is 13.1 Å². The number of phenolic OH excluding ortho intramolecular Hbond substituents is 1. The molecule has 1 aliphatic heterocycles. The number of rotatable bonds is 3. The number of aromatic hydroxyl groups is 1. The molecule has 0 saturated carbocycles. The van der Waals surface area contributed by atoms with Crippen LogP contribution in [0.1, 0.15) is 33.6 Å². The highest BCUT2D eigenvalue weighted by atomic mass is 35.5. The summed E-state index contributed by atoms with van der Waals surface area (Å²) in [6.07, 6.45) is 1.25. The predicted octanol–water partition coefficient (Wildman–Crippen LogP) is 3.78. The molecule has 0 aromatic heterocycles. The van der Waals surface area contributed by atoms with Crippen molar-refractivity contribution in [3.8, 4) is 5.75 Å². The predicted molar refractivity (Wildman–Crippen MR) is 92.5 cm³/mol. The largest absolute Gasteiger partial charge is 0.507 e. The number of benzene rings is 2. The Morgan fingerprint density at radius 3 is 2.38 bits per heavy atom. The van der Waals surface area contributed by atoms with Crippen LogP contribution in [-0.2, 0) is 0 Å². The number of hydrogen-bond donors (Lipinski definition) is 1. The van der Waals surface area contributed by atoms with E-state index in [0.717, 1.165) is 5.56 Å². The zero-order valence-corrected chi connectivity index (χ0v) is 13.9. The van der Waals surface area contributed by atoms with Gasteiger partial charge in [0.05, 0.1) is 5.56 Å². The van der Waals surface area contributed by atoms with E-state index < -0.39 is 0 Å². The number of likely N-dealkylation sites (tertiary alicyclic amines) is 1. The normalized spacial score (nSPS) is 15.3. The van der Waals surface area contributed by atoms with Crippen LogP contribution in [0, 0.1) is 5.92 Å². The van der Waals surface area contributed by atoms with Crippen LogP contribution in [0.3, 0.4) is 0 Å². The topological polar surface area (TPSA) is 57.6 Å². The monoisotopic (exact) mass is 343 g/mol. The number of carbonyl (C=O) groups excluding carboxylic acids is 2. The van der Waals surface area contributed by atoms with Crippen molar-refractivity contribution in [3.63, 3.8) is 0 Å². The van der Waals surface area contributed by atoms with E-state index >= 15 is 0 Å². The highest BCUT2D eigenvalue weighted by Crippen LogP contribution is 2.27. The lowest BCUT2D eigenvalue weighted by Gasteiger charge is -2.31. The van der Waals surface area contributed by atoms with E-state index in [1.54, 1.807) is 11.0 Å². The van der Waals surface area contributed by atoms with E-state index in [2.05, 4.69) is 0 Å². The molecule has 0 bridgehead atoms. The third-order valence-electron chi connectivity index (χ3n) is 4.40. The zero-order chi connectivity index (χ0) is 17.1. The van der Waals surface area contributed by atoms with Crippen LogP contribution < -0.4 is 0 Å². The van der Waals surface area contributed by atoms with Crippen LogP contribution in [0.4, 0.5) is 0 Å². The standard InChI is InChI=1S/C19H18ClNO3/c20-15-6-7-17(22)16(12-15)19(24)21-10-8-14(9-11-21)18(23)13-4-2-1-3-5-13/h1-7,12,14,22H,8-11H2. The first kappa shape index (κ1) is 16.5. The molecule has 1 amide bonds. The maximum Gasteiger partial charge on any atom is 0.257 e. The van der Waals surface area contributed by atoms with Crippen molar-refractivity contribution < 1.29 is 14.7 Å². The van der Waals surface area contributed by atoms with E-state index in [1.807, 2.05) is 30.3 Å². The molecule has 2 aromatic rings. The first-order chi connectivity index (χ1) is 11.6. The van der Waals surface area contributed by atoms with Crippen molar-refractivity contribution in [1.82, 2.24) is 4.90 Å². The van der Waals surface area contributed by atoms with Crippen LogP contribution in [0.25, 0.3) is 0 Å². The Hall–Kier alpha value is -2.33. The van der Waals surface area contributed by atoms with Crippen LogP contribution in [-0.4, -0.2) is 34.8 Å². The smallest absolute Gasteiger partial charge is 0.257 e. The van der Waals surface area contributed by atoms with Crippen LogP contribution in [0.15, 0.2) is 48.5 Å². The third kappa shape index (κ3) is 3.44. The van der Waals surface area contributed by atoms with Gasteiger partial charge in [-0.1, -0.05) is 41.9 Å². The Labute approximate surface area is 145 Å². The molecule has 0 aliphatic carbocycles. The summed E-state index contributed by atoms with van der Waals surface area (Å²) in [5.41, 5.74) is 0.921. The molecule has 1 fully saturated rings. The van der Waals surface area contributed by atoms with Gasteiger partial charge >= 0.3 is 0 Å². The molecule has 124 valence electrons.